The van der Waals surface area contributed by atoms with Gasteiger partial charge in [0.2, 0.25) is 5.91 Å². The van der Waals surface area contributed by atoms with E-state index >= 15 is 0 Å². The minimum absolute atomic E-state index is 0.112. The Hall–Kier alpha value is -3.45. The first-order chi connectivity index (χ1) is 18.9. The molecule has 2 aromatic carbocycles. The molecule has 7 heteroatoms. The predicted octanol–water partition coefficient (Wildman–Crippen LogP) is 4.95. The van der Waals surface area contributed by atoms with Gasteiger partial charge in [0.1, 0.15) is 11.6 Å². The van der Waals surface area contributed by atoms with Crippen LogP contribution in [0.1, 0.15) is 56.6 Å². The van der Waals surface area contributed by atoms with Crippen molar-refractivity contribution in [2.45, 2.75) is 76.0 Å². The molecule has 1 aromatic heterocycles. The summed E-state index contributed by atoms with van der Waals surface area (Å²) in [7, 11) is 0. The maximum Gasteiger partial charge on any atom is 0.408 e. The SMILES string of the molecule is CC(Cc1ccnc2ccccc12)(NC(=O)OC1CCC2CCCC1C2)C(=O)NC(CO)Cc1ccccc1. The lowest BCUT2D eigenvalue weighted by Gasteiger charge is -2.40. The molecule has 5 rings (SSSR count). The van der Waals surface area contributed by atoms with Gasteiger partial charge in [-0.1, -0.05) is 61.4 Å². The number of nitrogens with one attached hydrogen (secondary N) is 2. The summed E-state index contributed by atoms with van der Waals surface area (Å²) in [5.41, 5.74) is 1.42. The second kappa shape index (κ2) is 12.2. The number of alkyl carbamates (subject to hydrolysis) is 1. The van der Waals surface area contributed by atoms with Crippen LogP contribution in [0.3, 0.4) is 0 Å². The second-order valence-corrected chi connectivity index (χ2v) is 11.5. The van der Waals surface area contributed by atoms with Crippen LogP contribution < -0.4 is 10.6 Å². The normalized spacial score (nSPS) is 22.9. The maximum atomic E-state index is 13.9. The number of rotatable bonds is 9. The summed E-state index contributed by atoms with van der Waals surface area (Å²) >= 11 is 0. The van der Waals surface area contributed by atoms with Gasteiger partial charge in [0.05, 0.1) is 18.2 Å². The zero-order chi connectivity index (χ0) is 27.2. The lowest BCUT2D eigenvalue weighted by Crippen LogP contribution is -2.61. The zero-order valence-electron chi connectivity index (χ0n) is 22.6. The van der Waals surface area contributed by atoms with Crippen LogP contribution in [0.25, 0.3) is 10.9 Å². The molecule has 0 spiro atoms. The van der Waals surface area contributed by atoms with Crippen molar-refractivity contribution in [1.29, 1.82) is 0 Å². The van der Waals surface area contributed by atoms with Crippen molar-refractivity contribution in [3.05, 3.63) is 78.0 Å². The molecule has 2 fully saturated rings. The van der Waals surface area contributed by atoms with Crippen molar-refractivity contribution in [3.63, 3.8) is 0 Å². The number of nitrogens with zero attached hydrogens (tertiary/aromatic N) is 1. The number of aliphatic hydroxyl groups is 1. The summed E-state index contributed by atoms with van der Waals surface area (Å²) in [5, 5.41) is 16.9. The van der Waals surface area contributed by atoms with E-state index in [1.165, 1.54) is 12.8 Å². The van der Waals surface area contributed by atoms with Crippen molar-refractivity contribution in [1.82, 2.24) is 15.6 Å². The number of para-hydroxylation sites is 1. The Labute approximate surface area is 230 Å². The fourth-order valence-electron chi connectivity index (χ4n) is 6.39. The van der Waals surface area contributed by atoms with Crippen LogP contribution in [0, 0.1) is 11.8 Å². The third-order valence-corrected chi connectivity index (χ3v) is 8.51. The van der Waals surface area contributed by atoms with E-state index < -0.39 is 17.7 Å². The first kappa shape index (κ1) is 27.1. The second-order valence-electron chi connectivity index (χ2n) is 11.5. The van der Waals surface area contributed by atoms with Gasteiger partial charge in [-0.15, -0.1) is 0 Å². The molecular formula is C32H39N3O4. The Kier molecular flexibility index (Phi) is 8.46. The number of aliphatic hydroxyl groups excluding tert-OH is 1. The predicted molar refractivity (Wildman–Crippen MR) is 151 cm³/mol. The van der Waals surface area contributed by atoms with E-state index in [-0.39, 0.29) is 25.0 Å². The molecule has 5 unspecified atom stereocenters. The number of benzene rings is 2. The van der Waals surface area contributed by atoms with Crippen molar-refractivity contribution in [2.75, 3.05) is 6.61 Å². The van der Waals surface area contributed by atoms with Gasteiger partial charge in [-0.05, 0) is 74.1 Å². The summed E-state index contributed by atoms with van der Waals surface area (Å²) in [6, 6.07) is 18.9. The van der Waals surface area contributed by atoms with E-state index in [1.807, 2.05) is 60.7 Å². The number of carbonyl (C=O) groups is 2. The van der Waals surface area contributed by atoms with Crippen molar-refractivity contribution >= 4 is 22.9 Å². The number of hydrogen-bond acceptors (Lipinski definition) is 5. The van der Waals surface area contributed by atoms with Gasteiger partial charge in [0, 0.05) is 18.0 Å². The third kappa shape index (κ3) is 6.59. The number of ether oxygens (including phenoxy) is 1. The maximum absolute atomic E-state index is 13.9. The van der Waals surface area contributed by atoms with E-state index in [1.54, 1.807) is 13.1 Å². The summed E-state index contributed by atoms with van der Waals surface area (Å²) in [6.07, 6.45) is 8.42. The minimum atomic E-state index is -1.31. The fraction of sp³-hybridized carbons (Fsp3) is 0.469. The van der Waals surface area contributed by atoms with Crippen molar-refractivity contribution < 1.29 is 19.4 Å². The van der Waals surface area contributed by atoms with Crippen LogP contribution in [-0.2, 0) is 22.4 Å². The van der Waals surface area contributed by atoms with Gasteiger partial charge in [-0.25, -0.2) is 4.79 Å². The smallest absolute Gasteiger partial charge is 0.408 e. The number of carbonyl (C=O) groups excluding carboxylic acids is 2. The number of hydrogen-bond donors (Lipinski definition) is 3. The Morgan fingerprint density at radius 2 is 1.85 bits per heavy atom. The third-order valence-electron chi connectivity index (χ3n) is 8.51. The molecule has 0 aliphatic heterocycles. The first-order valence-corrected chi connectivity index (χ1v) is 14.2. The van der Waals surface area contributed by atoms with Gasteiger partial charge >= 0.3 is 6.09 Å². The average Bonchev–Trinajstić information content (AvgIpc) is 2.95. The Morgan fingerprint density at radius 1 is 1.05 bits per heavy atom. The molecule has 7 nitrogen and oxygen atoms in total. The van der Waals surface area contributed by atoms with E-state index in [0.717, 1.165) is 53.6 Å². The van der Waals surface area contributed by atoms with E-state index in [4.69, 9.17) is 4.74 Å². The first-order valence-electron chi connectivity index (χ1n) is 14.2. The number of fused-ring (bicyclic) bond motifs is 3. The minimum Gasteiger partial charge on any atom is -0.446 e. The molecule has 2 bridgehead atoms. The quantitative estimate of drug-likeness (QED) is 0.364. The molecule has 0 saturated heterocycles. The van der Waals surface area contributed by atoms with Gasteiger partial charge in [-0.2, -0.15) is 0 Å². The highest BCUT2D eigenvalue weighted by Crippen LogP contribution is 2.41. The Balaban J connectivity index is 1.36. The summed E-state index contributed by atoms with van der Waals surface area (Å²) in [6.45, 7) is 1.51. The zero-order valence-corrected chi connectivity index (χ0v) is 22.6. The number of pyridine rings is 1. The topological polar surface area (TPSA) is 101 Å². The van der Waals surface area contributed by atoms with E-state index in [0.29, 0.717) is 12.3 Å². The lowest BCUT2D eigenvalue weighted by molar-refractivity contribution is -0.128. The Bertz CT molecular complexity index is 1280. The number of amides is 2. The van der Waals surface area contributed by atoms with Gasteiger partial charge in [-0.3, -0.25) is 9.78 Å². The number of aromatic nitrogens is 1. The lowest BCUT2D eigenvalue weighted by atomic mass is 9.71. The molecule has 0 radical (unpaired) electrons. The molecule has 2 saturated carbocycles. The van der Waals surface area contributed by atoms with Crippen LogP contribution in [0.15, 0.2) is 66.9 Å². The molecule has 2 amide bonds. The summed E-state index contributed by atoms with van der Waals surface area (Å²) < 4.78 is 5.98. The monoisotopic (exact) mass is 529 g/mol. The average molecular weight is 530 g/mol. The molecular weight excluding hydrogens is 490 g/mol. The molecule has 206 valence electrons. The molecule has 3 N–H and O–H groups in total. The van der Waals surface area contributed by atoms with Crippen molar-refractivity contribution in [2.24, 2.45) is 11.8 Å². The molecule has 1 heterocycles. The molecule has 2 aliphatic carbocycles. The highest BCUT2D eigenvalue weighted by molar-refractivity contribution is 5.91. The van der Waals surface area contributed by atoms with Crippen LogP contribution in [0.4, 0.5) is 4.79 Å². The summed E-state index contributed by atoms with van der Waals surface area (Å²) in [4.78, 5) is 31.6. The largest absolute Gasteiger partial charge is 0.446 e. The van der Waals surface area contributed by atoms with Crippen LogP contribution in [0.2, 0.25) is 0 Å². The van der Waals surface area contributed by atoms with Crippen LogP contribution in [0.5, 0.6) is 0 Å². The van der Waals surface area contributed by atoms with Gasteiger partial charge in [0.15, 0.2) is 0 Å². The molecule has 3 aromatic rings. The highest BCUT2D eigenvalue weighted by atomic mass is 16.6. The molecule has 39 heavy (non-hydrogen) atoms. The van der Waals surface area contributed by atoms with Crippen molar-refractivity contribution in [3.8, 4) is 0 Å². The van der Waals surface area contributed by atoms with E-state index in [9.17, 15) is 14.7 Å². The van der Waals surface area contributed by atoms with Gasteiger partial charge < -0.3 is 20.5 Å². The van der Waals surface area contributed by atoms with Crippen LogP contribution in [-0.4, -0.2) is 46.4 Å². The molecule has 5 atom stereocenters. The Morgan fingerprint density at radius 3 is 2.67 bits per heavy atom. The van der Waals surface area contributed by atoms with Gasteiger partial charge in [0.25, 0.3) is 0 Å². The summed E-state index contributed by atoms with van der Waals surface area (Å²) in [5.74, 6) is 0.788. The van der Waals surface area contributed by atoms with E-state index in [2.05, 4.69) is 15.6 Å². The molecule has 2 aliphatic rings. The van der Waals surface area contributed by atoms with Crippen LogP contribution >= 0.6 is 0 Å². The standard InChI is InChI=1S/C32H39N3O4/c1-32(20-25-16-17-33-28-13-6-5-12-27(25)28,30(37)34-26(21-36)19-22-8-3-2-4-9-22)35-31(38)39-29-15-14-23-10-7-11-24(29)18-23/h2-6,8-9,12-13,16-17,23-24,26,29,36H,7,10-11,14-15,18-21H2,1H3,(H,34,37)(H,35,38). The highest BCUT2D eigenvalue weighted by Gasteiger charge is 2.40. The fourth-order valence-corrected chi connectivity index (χ4v) is 6.39.